The highest BCUT2D eigenvalue weighted by molar-refractivity contribution is 6.05. The van der Waals surface area contributed by atoms with Crippen LogP contribution in [0, 0.1) is 0 Å². The lowest BCUT2D eigenvalue weighted by Gasteiger charge is -2.07. The first-order valence-electron chi connectivity index (χ1n) is 6.59. The van der Waals surface area contributed by atoms with Crippen molar-refractivity contribution in [2.75, 3.05) is 5.32 Å². The zero-order valence-corrected chi connectivity index (χ0v) is 11.9. The third-order valence-electron chi connectivity index (χ3n) is 2.29. The molecule has 1 N–H and O–H groups in total. The van der Waals surface area contributed by atoms with E-state index in [1.807, 2.05) is 62.4 Å². The van der Waals surface area contributed by atoms with Crippen LogP contribution < -0.4 is 5.32 Å². The fourth-order valence-corrected chi connectivity index (χ4v) is 1.51. The van der Waals surface area contributed by atoms with Crippen molar-refractivity contribution in [3.63, 3.8) is 0 Å². The largest absolute Gasteiger partial charge is 0.322 e. The monoisotopic (exact) mass is 259 g/mol. The molecule has 1 aliphatic carbocycles. The second-order valence-corrected chi connectivity index (χ2v) is 3.46. The third-order valence-corrected chi connectivity index (χ3v) is 2.29. The van der Waals surface area contributed by atoms with Gasteiger partial charge < -0.3 is 5.32 Å². The molecule has 0 radical (unpaired) electrons. The van der Waals surface area contributed by atoms with Crippen molar-refractivity contribution < 1.29 is 6.22 Å². The second-order valence-electron chi connectivity index (χ2n) is 3.46. The lowest BCUT2D eigenvalue weighted by atomic mass is 10.1. The van der Waals surface area contributed by atoms with Crippen LogP contribution in [0.2, 0.25) is 0 Å². The number of rotatable bonds is 2. The average molecular weight is 259 g/mol. The van der Waals surface area contributed by atoms with Crippen molar-refractivity contribution in [2.45, 2.75) is 26.7 Å². The lowest BCUT2D eigenvalue weighted by Crippen LogP contribution is -2.13. The summed E-state index contributed by atoms with van der Waals surface area (Å²) in [6, 6.07) is 9.49. The van der Waals surface area contributed by atoms with Gasteiger partial charge >= 0.3 is 0 Å². The highest BCUT2D eigenvalue weighted by atomic mass is 16.1. The van der Waals surface area contributed by atoms with E-state index < -0.39 is 0 Å². The SMILES string of the molecule is C=C.CC.O=C(Nc1ccccc1)C1=CCCC=C1.[HH]. The van der Waals surface area contributed by atoms with Gasteiger partial charge in [0.2, 0.25) is 0 Å². The Bertz CT molecular complexity index is 424. The van der Waals surface area contributed by atoms with Gasteiger partial charge in [0.1, 0.15) is 0 Å². The van der Waals surface area contributed by atoms with Gasteiger partial charge in [0.25, 0.3) is 5.91 Å². The van der Waals surface area contributed by atoms with Crippen LogP contribution in [0.5, 0.6) is 0 Å². The Morgan fingerprint density at radius 1 is 1.16 bits per heavy atom. The van der Waals surface area contributed by atoms with Crippen molar-refractivity contribution >= 4 is 11.6 Å². The molecule has 2 rings (SSSR count). The van der Waals surface area contributed by atoms with E-state index >= 15 is 0 Å². The van der Waals surface area contributed by atoms with Gasteiger partial charge in [-0.2, -0.15) is 0 Å². The number of hydrogen-bond donors (Lipinski definition) is 1. The van der Waals surface area contributed by atoms with Gasteiger partial charge in [0.05, 0.1) is 0 Å². The van der Waals surface area contributed by atoms with Crippen LogP contribution in [0.1, 0.15) is 28.1 Å². The Balaban J connectivity index is 0. The van der Waals surface area contributed by atoms with E-state index in [1.54, 1.807) is 0 Å². The first kappa shape index (κ1) is 16.9. The van der Waals surface area contributed by atoms with E-state index in [4.69, 9.17) is 0 Å². The summed E-state index contributed by atoms with van der Waals surface area (Å²) in [4.78, 5) is 11.7. The molecule has 1 aromatic carbocycles. The number of anilines is 1. The molecule has 0 heterocycles. The second kappa shape index (κ2) is 11.0. The van der Waals surface area contributed by atoms with Crippen LogP contribution in [-0.4, -0.2) is 5.91 Å². The summed E-state index contributed by atoms with van der Waals surface area (Å²) < 4.78 is 0. The number of carbonyl (C=O) groups excluding carboxylic acids is 1. The summed E-state index contributed by atoms with van der Waals surface area (Å²) >= 11 is 0. The Hall–Kier alpha value is -2.09. The molecule has 0 fully saturated rings. The lowest BCUT2D eigenvalue weighted by molar-refractivity contribution is -0.112. The number of allylic oxidation sites excluding steroid dienone is 2. The van der Waals surface area contributed by atoms with Gasteiger partial charge in [-0.1, -0.05) is 50.3 Å². The van der Waals surface area contributed by atoms with Gasteiger partial charge in [-0.05, 0) is 25.0 Å². The molecule has 0 aliphatic heterocycles. The summed E-state index contributed by atoms with van der Waals surface area (Å²) in [5.41, 5.74) is 1.59. The third kappa shape index (κ3) is 6.41. The Morgan fingerprint density at radius 2 is 1.79 bits per heavy atom. The first-order valence-corrected chi connectivity index (χ1v) is 6.59. The molecule has 1 aromatic rings. The highest BCUT2D eigenvalue weighted by Gasteiger charge is 2.07. The fourth-order valence-electron chi connectivity index (χ4n) is 1.51. The highest BCUT2D eigenvalue weighted by Crippen LogP contribution is 2.12. The predicted molar refractivity (Wildman–Crippen MR) is 86.2 cm³/mol. The summed E-state index contributed by atoms with van der Waals surface area (Å²) in [5.74, 6) is -0.0304. The minimum Gasteiger partial charge on any atom is -0.322 e. The maximum atomic E-state index is 11.7. The number of benzene rings is 1. The van der Waals surface area contributed by atoms with Crippen LogP contribution in [-0.2, 0) is 4.79 Å². The summed E-state index contributed by atoms with van der Waals surface area (Å²) in [6.45, 7) is 10.0. The molecule has 0 aromatic heterocycles. The van der Waals surface area contributed by atoms with Crippen LogP contribution in [0.25, 0.3) is 0 Å². The van der Waals surface area contributed by atoms with E-state index in [0.29, 0.717) is 0 Å². The maximum Gasteiger partial charge on any atom is 0.255 e. The molecule has 1 aliphatic rings. The topological polar surface area (TPSA) is 29.1 Å². The summed E-state index contributed by atoms with van der Waals surface area (Å²) in [5, 5.41) is 2.85. The van der Waals surface area contributed by atoms with E-state index in [1.165, 1.54) is 0 Å². The van der Waals surface area contributed by atoms with E-state index in [-0.39, 0.29) is 7.33 Å². The van der Waals surface area contributed by atoms with Crippen molar-refractivity contribution in [1.29, 1.82) is 0 Å². The Labute approximate surface area is 118 Å². The van der Waals surface area contributed by atoms with Crippen LogP contribution >= 0.6 is 0 Å². The zero-order valence-electron chi connectivity index (χ0n) is 11.9. The van der Waals surface area contributed by atoms with E-state index in [9.17, 15) is 4.79 Å². The zero-order chi connectivity index (χ0) is 14.5. The molecule has 0 spiro atoms. The normalized spacial score (nSPS) is 12.0. The molecule has 0 unspecified atom stereocenters. The minimum absolute atomic E-state index is 0. The summed E-state index contributed by atoms with van der Waals surface area (Å²) in [7, 11) is 0. The van der Waals surface area contributed by atoms with Crippen molar-refractivity contribution in [3.05, 3.63) is 67.3 Å². The van der Waals surface area contributed by atoms with E-state index in [0.717, 1.165) is 24.1 Å². The molecule has 1 amide bonds. The van der Waals surface area contributed by atoms with Crippen molar-refractivity contribution in [3.8, 4) is 0 Å². The predicted octanol–water partition coefficient (Wildman–Crippen LogP) is 4.98. The van der Waals surface area contributed by atoms with Gasteiger partial charge in [-0.3, -0.25) is 4.79 Å². The van der Waals surface area contributed by atoms with Gasteiger partial charge in [0.15, 0.2) is 0 Å². The van der Waals surface area contributed by atoms with Gasteiger partial charge in [-0.25, -0.2) is 0 Å². The molecule has 19 heavy (non-hydrogen) atoms. The Kier molecular flexibility index (Phi) is 9.81. The summed E-state index contributed by atoms with van der Waals surface area (Å²) in [6.07, 6.45) is 7.86. The smallest absolute Gasteiger partial charge is 0.255 e. The molecular weight excluding hydrogens is 234 g/mol. The number of amides is 1. The molecule has 0 saturated carbocycles. The fraction of sp³-hybridized carbons (Fsp3) is 0.235. The molecule has 2 nitrogen and oxygen atoms in total. The maximum absolute atomic E-state index is 11.7. The number of hydrogen-bond acceptors (Lipinski definition) is 1. The first-order chi connectivity index (χ1) is 9.36. The molecular formula is C17H25NO. The standard InChI is InChI=1S/C13H13NO.C2H6.C2H4.H2/c15-13(11-7-3-1-4-8-11)14-12-9-5-2-6-10-12;2*1-2;/h2-3,5-10H,1,4H2,(H,14,15);1-2H3;1-2H2;1H. The molecule has 0 saturated heterocycles. The number of nitrogens with one attached hydrogen (secondary N) is 1. The Morgan fingerprint density at radius 3 is 2.32 bits per heavy atom. The number of para-hydroxylation sites is 1. The molecule has 0 bridgehead atoms. The van der Waals surface area contributed by atoms with Crippen molar-refractivity contribution in [2.24, 2.45) is 0 Å². The van der Waals surface area contributed by atoms with E-state index in [2.05, 4.69) is 18.5 Å². The van der Waals surface area contributed by atoms with Crippen LogP contribution in [0.3, 0.4) is 0 Å². The minimum atomic E-state index is -0.0304. The van der Waals surface area contributed by atoms with Crippen LogP contribution in [0.15, 0.2) is 67.3 Å². The van der Waals surface area contributed by atoms with Crippen molar-refractivity contribution in [1.82, 2.24) is 0 Å². The quantitative estimate of drug-likeness (QED) is 0.746. The average Bonchev–Trinajstić information content (AvgIpc) is 2.53. The molecule has 0 atom stereocenters. The molecule has 2 heteroatoms. The number of carbonyl (C=O) groups is 1. The van der Waals surface area contributed by atoms with Gasteiger partial charge in [0, 0.05) is 12.7 Å². The molecule has 104 valence electrons. The van der Waals surface area contributed by atoms with Gasteiger partial charge in [-0.15, -0.1) is 13.2 Å². The van der Waals surface area contributed by atoms with Crippen LogP contribution in [0.4, 0.5) is 5.69 Å².